The maximum atomic E-state index is 13.4. The molecule has 2 N–H and O–H groups in total. The molecule has 4 nitrogen and oxygen atoms in total. The van der Waals surface area contributed by atoms with Crippen molar-refractivity contribution in [1.29, 1.82) is 0 Å². The summed E-state index contributed by atoms with van der Waals surface area (Å²) >= 11 is 0. The van der Waals surface area contributed by atoms with Crippen molar-refractivity contribution in [2.45, 2.75) is 19.4 Å². The highest BCUT2D eigenvalue weighted by Gasteiger charge is 2.33. The van der Waals surface area contributed by atoms with Crippen LogP contribution in [0.1, 0.15) is 12.5 Å². The van der Waals surface area contributed by atoms with Crippen LogP contribution in [0.5, 0.6) is 0 Å². The molecule has 2 rings (SSSR count). The lowest BCUT2D eigenvalue weighted by Crippen LogP contribution is -2.44. The van der Waals surface area contributed by atoms with Gasteiger partial charge in [-0.2, -0.15) is 0 Å². The van der Waals surface area contributed by atoms with Crippen LogP contribution in [-0.2, 0) is 16.0 Å². The van der Waals surface area contributed by atoms with Gasteiger partial charge >= 0.3 is 0 Å². The highest BCUT2D eigenvalue weighted by Crippen LogP contribution is 2.14. The van der Waals surface area contributed by atoms with Crippen molar-refractivity contribution in [3.63, 3.8) is 0 Å². The second-order valence-corrected chi connectivity index (χ2v) is 4.94. The number of hydrogen-bond acceptors (Lipinski definition) is 3. The van der Waals surface area contributed by atoms with E-state index in [4.69, 9.17) is 4.74 Å². The lowest BCUT2D eigenvalue weighted by Gasteiger charge is -2.17. The molecule has 2 unspecified atom stereocenters. The van der Waals surface area contributed by atoms with E-state index in [0.29, 0.717) is 31.7 Å². The van der Waals surface area contributed by atoms with Gasteiger partial charge in [-0.05, 0) is 24.6 Å². The minimum absolute atomic E-state index is 0.0233. The number of hydrogen-bond donors (Lipinski definition) is 2. The molecule has 0 spiro atoms. The SMILES string of the molecule is CCNC1COCC1C(=O)NCCc1ccccc1F. The average Bonchev–Trinajstić information content (AvgIpc) is 2.89. The van der Waals surface area contributed by atoms with Crippen molar-refractivity contribution >= 4 is 5.91 Å². The molecule has 1 aromatic rings. The van der Waals surface area contributed by atoms with Gasteiger partial charge in [-0.15, -0.1) is 0 Å². The lowest BCUT2D eigenvalue weighted by atomic mass is 10.0. The van der Waals surface area contributed by atoms with E-state index in [2.05, 4.69) is 10.6 Å². The second-order valence-electron chi connectivity index (χ2n) is 4.94. The number of halogens is 1. The fraction of sp³-hybridized carbons (Fsp3) is 0.533. The standard InChI is InChI=1S/C15H21FN2O2/c1-2-17-14-10-20-9-12(14)15(19)18-8-7-11-5-3-4-6-13(11)16/h3-6,12,14,17H,2,7-10H2,1H3,(H,18,19). The minimum Gasteiger partial charge on any atom is -0.379 e. The van der Waals surface area contributed by atoms with E-state index in [0.717, 1.165) is 6.54 Å². The zero-order valence-corrected chi connectivity index (χ0v) is 11.7. The fourth-order valence-electron chi connectivity index (χ4n) is 2.43. The Kier molecular flexibility index (Phi) is 5.49. The monoisotopic (exact) mass is 280 g/mol. The fourth-order valence-corrected chi connectivity index (χ4v) is 2.43. The molecule has 1 aromatic carbocycles. The van der Waals surface area contributed by atoms with E-state index in [1.165, 1.54) is 6.07 Å². The molecule has 2 atom stereocenters. The maximum Gasteiger partial charge on any atom is 0.227 e. The van der Waals surface area contributed by atoms with Crippen LogP contribution < -0.4 is 10.6 Å². The molecule has 20 heavy (non-hydrogen) atoms. The van der Waals surface area contributed by atoms with Crippen LogP contribution in [0.25, 0.3) is 0 Å². The van der Waals surface area contributed by atoms with Crippen LogP contribution in [0.3, 0.4) is 0 Å². The summed E-state index contributed by atoms with van der Waals surface area (Å²) in [6.07, 6.45) is 0.498. The average molecular weight is 280 g/mol. The predicted molar refractivity (Wildman–Crippen MR) is 74.9 cm³/mol. The third-order valence-electron chi connectivity index (χ3n) is 3.54. The summed E-state index contributed by atoms with van der Waals surface area (Å²) in [5.74, 6) is -0.406. The smallest absolute Gasteiger partial charge is 0.227 e. The van der Waals surface area contributed by atoms with Crippen LogP contribution in [0.4, 0.5) is 4.39 Å². The third kappa shape index (κ3) is 3.77. The summed E-state index contributed by atoms with van der Waals surface area (Å²) in [5, 5.41) is 6.11. The predicted octanol–water partition coefficient (Wildman–Crippen LogP) is 1.11. The van der Waals surface area contributed by atoms with Crippen molar-refractivity contribution in [2.75, 3.05) is 26.3 Å². The normalized spacial score (nSPS) is 21.9. The Morgan fingerprint density at radius 2 is 2.20 bits per heavy atom. The number of amides is 1. The Morgan fingerprint density at radius 1 is 1.40 bits per heavy atom. The molecule has 110 valence electrons. The zero-order chi connectivity index (χ0) is 14.4. The highest BCUT2D eigenvalue weighted by atomic mass is 19.1. The first-order valence-corrected chi connectivity index (χ1v) is 7.04. The molecule has 0 bridgehead atoms. The first kappa shape index (κ1) is 14.9. The zero-order valence-electron chi connectivity index (χ0n) is 11.7. The topological polar surface area (TPSA) is 50.4 Å². The summed E-state index contributed by atoms with van der Waals surface area (Å²) in [6, 6.07) is 6.71. The molecular weight excluding hydrogens is 259 g/mol. The van der Waals surface area contributed by atoms with Gasteiger partial charge in [0.25, 0.3) is 0 Å². The molecule has 1 fully saturated rings. The number of carbonyl (C=O) groups is 1. The Bertz CT molecular complexity index is 453. The highest BCUT2D eigenvalue weighted by molar-refractivity contribution is 5.79. The summed E-state index contributed by atoms with van der Waals surface area (Å²) < 4.78 is 18.8. The van der Waals surface area contributed by atoms with E-state index < -0.39 is 0 Å². The van der Waals surface area contributed by atoms with Crippen LogP contribution in [0, 0.1) is 11.7 Å². The van der Waals surface area contributed by atoms with Gasteiger partial charge in [0.05, 0.1) is 19.1 Å². The number of ether oxygens (including phenoxy) is 1. The van der Waals surface area contributed by atoms with Crippen LogP contribution in [0.15, 0.2) is 24.3 Å². The van der Waals surface area contributed by atoms with Gasteiger partial charge in [-0.3, -0.25) is 4.79 Å². The Hall–Kier alpha value is -1.46. The molecule has 5 heteroatoms. The van der Waals surface area contributed by atoms with E-state index in [-0.39, 0.29) is 23.7 Å². The van der Waals surface area contributed by atoms with E-state index >= 15 is 0 Å². The third-order valence-corrected chi connectivity index (χ3v) is 3.54. The number of rotatable bonds is 6. The van der Waals surface area contributed by atoms with Gasteiger partial charge in [0.15, 0.2) is 0 Å². The summed E-state index contributed by atoms with van der Waals surface area (Å²) in [7, 11) is 0. The lowest BCUT2D eigenvalue weighted by molar-refractivity contribution is -0.125. The molecule has 1 aliphatic heterocycles. The van der Waals surface area contributed by atoms with E-state index in [1.807, 2.05) is 6.92 Å². The molecule has 0 radical (unpaired) electrons. The summed E-state index contributed by atoms with van der Waals surface area (Å²) in [4.78, 5) is 12.1. The summed E-state index contributed by atoms with van der Waals surface area (Å²) in [6.45, 7) is 4.27. The van der Waals surface area contributed by atoms with Crippen molar-refractivity contribution in [3.05, 3.63) is 35.6 Å². The maximum absolute atomic E-state index is 13.4. The first-order valence-electron chi connectivity index (χ1n) is 7.04. The van der Waals surface area contributed by atoms with Crippen molar-refractivity contribution in [3.8, 4) is 0 Å². The molecule has 0 aromatic heterocycles. The number of carbonyl (C=O) groups excluding carboxylic acids is 1. The Morgan fingerprint density at radius 3 is 2.95 bits per heavy atom. The van der Waals surface area contributed by atoms with Gasteiger partial charge in [-0.25, -0.2) is 4.39 Å². The molecule has 0 aliphatic carbocycles. The minimum atomic E-state index is -0.225. The van der Waals surface area contributed by atoms with Gasteiger partial charge in [0.2, 0.25) is 5.91 Å². The molecule has 1 amide bonds. The second kappa shape index (κ2) is 7.36. The van der Waals surface area contributed by atoms with E-state index in [9.17, 15) is 9.18 Å². The van der Waals surface area contributed by atoms with Gasteiger partial charge in [0, 0.05) is 12.6 Å². The van der Waals surface area contributed by atoms with Crippen LogP contribution in [-0.4, -0.2) is 38.3 Å². The summed E-state index contributed by atoms with van der Waals surface area (Å²) in [5.41, 5.74) is 0.624. The molecular formula is C15H21FN2O2. The first-order chi connectivity index (χ1) is 9.72. The largest absolute Gasteiger partial charge is 0.379 e. The number of benzene rings is 1. The van der Waals surface area contributed by atoms with Crippen LogP contribution in [0.2, 0.25) is 0 Å². The van der Waals surface area contributed by atoms with Gasteiger partial charge in [-0.1, -0.05) is 25.1 Å². The Balaban J connectivity index is 1.79. The van der Waals surface area contributed by atoms with Gasteiger partial charge in [0.1, 0.15) is 5.82 Å². The van der Waals surface area contributed by atoms with Crippen LogP contribution >= 0.6 is 0 Å². The van der Waals surface area contributed by atoms with Crippen molar-refractivity contribution < 1.29 is 13.9 Å². The number of nitrogens with one attached hydrogen (secondary N) is 2. The van der Waals surface area contributed by atoms with Crippen molar-refractivity contribution in [1.82, 2.24) is 10.6 Å². The van der Waals surface area contributed by atoms with Gasteiger partial charge < -0.3 is 15.4 Å². The quantitative estimate of drug-likeness (QED) is 0.820. The molecule has 1 saturated heterocycles. The molecule has 1 aliphatic rings. The van der Waals surface area contributed by atoms with Crippen molar-refractivity contribution in [2.24, 2.45) is 5.92 Å². The van der Waals surface area contributed by atoms with E-state index in [1.54, 1.807) is 18.2 Å². The number of likely N-dealkylation sites (N-methyl/N-ethyl adjacent to an activating group) is 1. The molecule has 1 heterocycles. The Labute approximate surface area is 118 Å². The molecule has 0 saturated carbocycles.